The fourth-order valence-electron chi connectivity index (χ4n) is 2.06. The van der Waals surface area contributed by atoms with Gasteiger partial charge in [-0.15, -0.1) is 0 Å². The van der Waals surface area contributed by atoms with Crippen LogP contribution < -0.4 is 0 Å². The maximum absolute atomic E-state index is 12.6. The number of nitrogens with zero attached hydrogens (tertiary/aromatic N) is 2. The Morgan fingerprint density at radius 2 is 2.11 bits per heavy atom. The highest BCUT2D eigenvalue weighted by molar-refractivity contribution is 7.89. The molecule has 0 aliphatic heterocycles. The average Bonchev–Trinajstić information content (AvgIpc) is 3.14. The van der Waals surface area contributed by atoms with Crippen LogP contribution >= 0.6 is 0 Å². The van der Waals surface area contributed by atoms with Crippen LogP contribution in [-0.4, -0.2) is 25.3 Å². The lowest BCUT2D eigenvalue weighted by Crippen LogP contribution is -2.33. The molecular weight excluding hydrogens is 248 g/mol. The Balaban J connectivity index is 2.49. The Hall–Kier alpha value is -1.38. The van der Waals surface area contributed by atoms with Crippen LogP contribution in [0.1, 0.15) is 30.9 Å². The van der Waals surface area contributed by atoms with Crippen LogP contribution in [0, 0.1) is 18.3 Å². The van der Waals surface area contributed by atoms with Crippen LogP contribution in [0.15, 0.2) is 23.1 Å². The second-order valence-corrected chi connectivity index (χ2v) is 6.39. The SMILES string of the molecule is CCN(C1CC1)S(=O)(=O)c1cc(C#N)ccc1C. The molecule has 1 aromatic rings. The van der Waals surface area contributed by atoms with E-state index in [-0.39, 0.29) is 10.9 Å². The van der Waals surface area contributed by atoms with Crippen LogP contribution in [0.4, 0.5) is 0 Å². The molecule has 0 N–H and O–H groups in total. The third-order valence-corrected chi connectivity index (χ3v) is 5.34. The van der Waals surface area contributed by atoms with Gasteiger partial charge < -0.3 is 0 Å². The minimum atomic E-state index is -3.47. The van der Waals surface area contributed by atoms with Crippen molar-refractivity contribution in [1.29, 1.82) is 5.26 Å². The van der Waals surface area contributed by atoms with Gasteiger partial charge in [0.15, 0.2) is 0 Å². The monoisotopic (exact) mass is 264 g/mol. The van der Waals surface area contributed by atoms with E-state index in [9.17, 15) is 8.42 Å². The average molecular weight is 264 g/mol. The first-order chi connectivity index (χ1) is 8.50. The highest BCUT2D eigenvalue weighted by atomic mass is 32.2. The number of sulfonamides is 1. The number of rotatable bonds is 4. The van der Waals surface area contributed by atoms with E-state index in [1.54, 1.807) is 19.1 Å². The third-order valence-electron chi connectivity index (χ3n) is 3.17. The van der Waals surface area contributed by atoms with E-state index < -0.39 is 10.0 Å². The van der Waals surface area contributed by atoms with Gasteiger partial charge >= 0.3 is 0 Å². The van der Waals surface area contributed by atoms with Gasteiger partial charge in [-0.2, -0.15) is 9.57 Å². The Kier molecular flexibility index (Phi) is 3.42. The molecule has 1 fully saturated rings. The first-order valence-electron chi connectivity index (χ1n) is 6.03. The van der Waals surface area contributed by atoms with Gasteiger partial charge in [0.25, 0.3) is 0 Å². The lowest BCUT2D eigenvalue weighted by molar-refractivity contribution is 0.420. The minimum absolute atomic E-state index is 0.144. The molecule has 0 radical (unpaired) electrons. The summed E-state index contributed by atoms with van der Waals surface area (Å²) in [6.07, 6.45) is 1.87. The fourth-order valence-corrected chi connectivity index (χ4v) is 4.01. The summed E-state index contributed by atoms with van der Waals surface area (Å²) in [4.78, 5) is 0.260. The van der Waals surface area contributed by atoms with E-state index in [1.807, 2.05) is 13.0 Å². The summed E-state index contributed by atoms with van der Waals surface area (Å²) in [5.41, 5.74) is 1.07. The first kappa shape index (κ1) is 13.1. The molecule has 1 aliphatic rings. The lowest BCUT2D eigenvalue weighted by atomic mass is 10.2. The van der Waals surface area contributed by atoms with Crippen LogP contribution in [0.2, 0.25) is 0 Å². The van der Waals surface area contributed by atoms with E-state index in [1.165, 1.54) is 10.4 Å². The summed E-state index contributed by atoms with van der Waals surface area (Å²) in [7, 11) is -3.47. The van der Waals surface area contributed by atoms with E-state index >= 15 is 0 Å². The smallest absolute Gasteiger partial charge is 0.207 e. The van der Waals surface area contributed by atoms with Gasteiger partial charge in [-0.25, -0.2) is 8.42 Å². The van der Waals surface area contributed by atoms with Crippen molar-refractivity contribution < 1.29 is 8.42 Å². The van der Waals surface area contributed by atoms with Crippen LogP contribution in [0.3, 0.4) is 0 Å². The van der Waals surface area contributed by atoms with Crippen LogP contribution in [-0.2, 0) is 10.0 Å². The molecule has 1 aromatic carbocycles. The molecule has 0 bridgehead atoms. The van der Waals surface area contributed by atoms with Crippen molar-refractivity contribution >= 4 is 10.0 Å². The number of nitriles is 1. The summed E-state index contributed by atoms with van der Waals surface area (Å²) < 4.78 is 26.6. The molecule has 0 unspecified atom stereocenters. The maximum atomic E-state index is 12.6. The number of benzene rings is 1. The summed E-state index contributed by atoms with van der Waals surface area (Å²) in [6.45, 7) is 4.08. The number of aryl methyl sites for hydroxylation is 1. The molecule has 0 heterocycles. The van der Waals surface area contributed by atoms with Crippen molar-refractivity contribution in [3.8, 4) is 6.07 Å². The molecule has 5 heteroatoms. The van der Waals surface area contributed by atoms with E-state index in [0.29, 0.717) is 17.7 Å². The Labute approximate surface area is 108 Å². The molecule has 1 saturated carbocycles. The Morgan fingerprint density at radius 1 is 1.44 bits per heavy atom. The number of hydrogen-bond acceptors (Lipinski definition) is 3. The zero-order valence-corrected chi connectivity index (χ0v) is 11.4. The molecule has 96 valence electrons. The molecule has 4 nitrogen and oxygen atoms in total. The molecular formula is C13H16N2O2S. The Morgan fingerprint density at radius 3 is 2.61 bits per heavy atom. The van der Waals surface area contributed by atoms with Gasteiger partial charge in [-0.05, 0) is 37.5 Å². The highest BCUT2D eigenvalue weighted by Gasteiger charge is 2.37. The number of hydrogen-bond donors (Lipinski definition) is 0. The van der Waals surface area contributed by atoms with Crippen molar-refractivity contribution in [1.82, 2.24) is 4.31 Å². The van der Waals surface area contributed by atoms with Crippen molar-refractivity contribution in [3.63, 3.8) is 0 Å². The topological polar surface area (TPSA) is 61.2 Å². The van der Waals surface area contributed by atoms with E-state index in [0.717, 1.165) is 12.8 Å². The Bertz CT molecular complexity index is 598. The molecule has 0 saturated heterocycles. The third kappa shape index (κ3) is 2.26. The standard InChI is InChI=1S/C13H16N2O2S/c1-3-15(12-6-7-12)18(16,17)13-8-11(9-14)5-4-10(13)2/h4-5,8,12H,3,6-7H2,1-2H3. The molecule has 0 spiro atoms. The lowest BCUT2D eigenvalue weighted by Gasteiger charge is -2.21. The molecule has 1 aliphatic carbocycles. The van der Waals surface area contributed by atoms with Gasteiger partial charge in [0.1, 0.15) is 0 Å². The molecule has 2 rings (SSSR count). The van der Waals surface area contributed by atoms with Crippen molar-refractivity contribution in [2.45, 2.75) is 37.6 Å². The quantitative estimate of drug-likeness (QED) is 0.836. The van der Waals surface area contributed by atoms with Gasteiger partial charge in [0.2, 0.25) is 10.0 Å². The minimum Gasteiger partial charge on any atom is -0.207 e. The molecule has 18 heavy (non-hydrogen) atoms. The summed E-state index contributed by atoms with van der Waals surface area (Å²) in [5, 5.41) is 8.88. The zero-order valence-electron chi connectivity index (χ0n) is 10.5. The predicted molar refractivity (Wildman–Crippen MR) is 68.5 cm³/mol. The summed E-state index contributed by atoms with van der Waals surface area (Å²) >= 11 is 0. The summed E-state index contributed by atoms with van der Waals surface area (Å²) in [6, 6.07) is 6.92. The maximum Gasteiger partial charge on any atom is 0.243 e. The van der Waals surface area contributed by atoms with Gasteiger partial charge in [-0.1, -0.05) is 13.0 Å². The predicted octanol–water partition coefficient (Wildman–Crippen LogP) is 2.04. The van der Waals surface area contributed by atoms with Crippen molar-refractivity contribution in [3.05, 3.63) is 29.3 Å². The fraction of sp³-hybridized carbons (Fsp3) is 0.462. The van der Waals surface area contributed by atoms with Gasteiger partial charge in [0, 0.05) is 12.6 Å². The van der Waals surface area contributed by atoms with Gasteiger partial charge in [0.05, 0.1) is 16.5 Å². The molecule has 0 atom stereocenters. The van der Waals surface area contributed by atoms with Crippen molar-refractivity contribution in [2.75, 3.05) is 6.54 Å². The van der Waals surface area contributed by atoms with Crippen LogP contribution in [0.5, 0.6) is 0 Å². The van der Waals surface area contributed by atoms with E-state index in [4.69, 9.17) is 5.26 Å². The van der Waals surface area contributed by atoms with Gasteiger partial charge in [-0.3, -0.25) is 0 Å². The van der Waals surface area contributed by atoms with Crippen molar-refractivity contribution in [2.24, 2.45) is 0 Å². The summed E-state index contributed by atoms with van der Waals surface area (Å²) in [5.74, 6) is 0. The van der Waals surface area contributed by atoms with Crippen LogP contribution in [0.25, 0.3) is 0 Å². The van der Waals surface area contributed by atoms with E-state index in [2.05, 4.69) is 0 Å². The molecule has 0 amide bonds. The second kappa shape index (κ2) is 4.71. The largest absolute Gasteiger partial charge is 0.243 e. The molecule has 0 aromatic heterocycles. The highest BCUT2D eigenvalue weighted by Crippen LogP contribution is 2.32. The normalized spacial score (nSPS) is 15.7. The zero-order chi connectivity index (χ0) is 13.3. The second-order valence-electron chi connectivity index (χ2n) is 4.53. The first-order valence-corrected chi connectivity index (χ1v) is 7.47.